The molecule has 0 radical (unpaired) electrons. The highest BCUT2D eigenvalue weighted by atomic mass is 16.4. The summed E-state index contributed by atoms with van der Waals surface area (Å²) in [5, 5.41) is 86.9. The summed E-state index contributed by atoms with van der Waals surface area (Å²) in [4.78, 5) is 42.9. The first-order valence-electron chi connectivity index (χ1n) is 12.7. The molecule has 232 valence electrons. The van der Waals surface area contributed by atoms with Crippen molar-refractivity contribution >= 4 is 23.9 Å². The molecule has 3 unspecified atom stereocenters. The Kier molecular flexibility index (Phi) is 15.5. The van der Waals surface area contributed by atoms with Crippen molar-refractivity contribution in [3.63, 3.8) is 0 Å². The van der Waals surface area contributed by atoms with E-state index in [9.17, 15) is 65.1 Å². The molecule has 9 N–H and O–H groups in total. The number of phenols is 2. The molecule has 3 atom stereocenters. The highest BCUT2D eigenvalue weighted by molar-refractivity contribution is 5.72. The number of phenolic OH excluding ortho intramolecular Hbond substituents is 2. The van der Waals surface area contributed by atoms with Gasteiger partial charge in [-0.3, -0.25) is 0 Å². The fraction of sp³-hybridized carbons (Fsp3) is 0.407. The first-order valence-corrected chi connectivity index (χ1v) is 12.7. The summed E-state index contributed by atoms with van der Waals surface area (Å²) in [5.74, 6) is -5.16. The fourth-order valence-corrected chi connectivity index (χ4v) is 4.11. The highest BCUT2D eigenvalue weighted by Crippen LogP contribution is 2.19. The second-order valence-corrected chi connectivity index (χ2v) is 9.47. The molecular weight excluding hydrogens is 560 g/mol. The smallest absolute Gasteiger partial charge is 0.359 e. The molecule has 0 aromatic heterocycles. The maximum Gasteiger partial charge on any atom is 0.359 e. The minimum Gasteiger partial charge on any atom is -0.550 e. The first kappa shape index (κ1) is 35.7. The number of hydrogen-bond acceptors (Lipinski definition) is 11. The van der Waals surface area contributed by atoms with Crippen molar-refractivity contribution in [2.24, 2.45) is 0 Å². The summed E-state index contributed by atoms with van der Waals surface area (Å²) in [5.41, 5.74) is 1.86. The number of carboxylic acids is 4. The lowest BCUT2D eigenvalue weighted by atomic mass is 10.1. The van der Waals surface area contributed by atoms with Crippen LogP contribution >= 0.6 is 0 Å². The number of carbonyl (C=O) groups excluding carboxylic acids is 2. The van der Waals surface area contributed by atoms with E-state index in [1.165, 1.54) is 18.2 Å². The molecule has 15 nitrogen and oxygen atoms in total. The number of aliphatic carboxylic acids is 4. The normalized spacial score (nSPS) is 12.8. The summed E-state index contributed by atoms with van der Waals surface area (Å²) in [6.07, 6.45) is -0.940. The molecule has 2 aromatic carbocycles. The average molecular weight is 597 g/mol. The van der Waals surface area contributed by atoms with Gasteiger partial charge in [-0.15, -0.1) is 0 Å². The van der Waals surface area contributed by atoms with E-state index in [1.807, 2.05) is 0 Å². The van der Waals surface area contributed by atoms with Gasteiger partial charge < -0.3 is 65.3 Å². The van der Waals surface area contributed by atoms with E-state index in [2.05, 4.69) is 0 Å². The largest absolute Gasteiger partial charge is 0.550 e. The molecule has 0 saturated heterocycles. The van der Waals surface area contributed by atoms with E-state index in [0.717, 1.165) is 0 Å². The van der Waals surface area contributed by atoms with Crippen LogP contribution in [0.1, 0.15) is 35.1 Å². The van der Waals surface area contributed by atoms with E-state index in [0.29, 0.717) is 32.1 Å². The molecule has 0 fully saturated rings. The predicted molar refractivity (Wildman–Crippen MR) is 137 cm³/mol. The van der Waals surface area contributed by atoms with Crippen LogP contribution in [0.5, 0.6) is 11.5 Å². The minimum atomic E-state index is -1.37. The Morgan fingerprint density at radius 3 is 1.74 bits per heavy atom. The average Bonchev–Trinajstić information content (AvgIpc) is 2.92. The molecule has 0 heterocycles. The van der Waals surface area contributed by atoms with Crippen molar-refractivity contribution in [3.8, 4) is 11.5 Å². The van der Waals surface area contributed by atoms with Gasteiger partial charge in [0.25, 0.3) is 0 Å². The Labute approximate surface area is 240 Å². The monoisotopic (exact) mass is 596 g/mol. The van der Waals surface area contributed by atoms with Gasteiger partial charge in [-0.1, -0.05) is 12.1 Å². The highest BCUT2D eigenvalue weighted by Gasteiger charge is 2.31. The van der Waals surface area contributed by atoms with Crippen LogP contribution in [0.3, 0.4) is 0 Å². The molecule has 0 bridgehead atoms. The van der Waals surface area contributed by atoms with Gasteiger partial charge in [-0.05, 0) is 48.2 Å². The lowest BCUT2D eigenvalue weighted by Crippen LogP contribution is -3.23. The van der Waals surface area contributed by atoms with Gasteiger partial charge >= 0.3 is 11.9 Å². The first-order chi connectivity index (χ1) is 19.8. The van der Waals surface area contributed by atoms with Gasteiger partial charge in [0.2, 0.25) is 0 Å². The third kappa shape index (κ3) is 13.4. The van der Waals surface area contributed by atoms with Crippen LogP contribution in [-0.4, -0.2) is 91.9 Å². The van der Waals surface area contributed by atoms with Gasteiger partial charge in [0.05, 0.1) is 13.2 Å². The Morgan fingerprint density at radius 1 is 0.714 bits per heavy atom. The summed E-state index contributed by atoms with van der Waals surface area (Å²) in [6, 6.07) is 8.35. The van der Waals surface area contributed by atoms with Gasteiger partial charge in [0.1, 0.15) is 37.7 Å². The Morgan fingerprint density at radius 2 is 1.26 bits per heavy atom. The Balaban J connectivity index is 0.000000962. The van der Waals surface area contributed by atoms with Crippen molar-refractivity contribution in [2.45, 2.75) is 45.2 Å². The summed E-state index contributed by atoms with van der Waals surface area (Å²) >= 11 is 0. The van der Waals surface area contributed by atoms with E-state index >= 15 is 0 Å². The number of nitrogens with one attached hydrogen (secondary N) is 2. The van der Waals surface area contributed by atoms with Gasteiger partial charge in [-0.2, -0.15) is 0 Å². The van der Waals surface area contributed by atoms with Crippen LogP contribution in [-0.2, 0) is 45.5 Å². The summed E-state index contributed by atoms with van der Waals surface area (Å²) < 4.78 is 0. The van der Waals surface area contributed by atoms with Crippen molar-refractivity contribution in [1.29, 1.82) is 0 Å². The molecule has 0 aliphatic rings. The van der Waals surface area contributed by atoms with Crippen LogP contribution in [0, 0.1) is 0 Å². The Bertz CT molecular complexity index is 1190. The number of aliphatic hydroxyl groups is 3. The van der Waals surface area contributed by atoms with Crippen molar-refractivity contribution < 1.29 is 74.9 Å². The van der Waals surface area contributed by atoms with Crippen LogP contribution in [0.2, 0.25) is 0 Å². The number of hydrogen-bond donors (Lipinski definition) is 9. The standard InChI is InChI=1S/C23H30N2O9.C4H6O4/c26-12-15-2-4-20(29)18(5-15)8-25(11-23(33)34)19(14-28)9-24(10-22(31)32)7-17-3-1-16(13-27)6-21(17)30;5-3(6)1-2-4(7)8/h1-6,19,26-30H,7-14H2,(H,31,32)(H,33,34);1-2H2,(H,5,6)(H,7,8). The quantitative estimate of drug-likeness (QED) is 0.0825. The molecule has 2 rings (SSSR count). The van der Waals surface area contributed by atoms with Crippen LogP contribution in [0.15, 0.2) is 36.4 Å². The molecule has 0 spiro atoms. The number of quaternary nitrogens is 2. The van der Waals surface area contributed by atoms with E-state index < -0.39 is 55.9 Å². The van der Waals surface area contributed by atoms with Crippen LogP contribution in [0.25, 0.3) is 0 Å². The Hall–Kier alpha value is -4.28. The molecule has 42 heavy (non-hydrogen) atoms. The molecule has 0 aliphatic carbocycles. The van der Waals surface area contributed by atoms with Crippen molar-refractivity contribution in [2.75, 3.05) is 26.2 Å². The van der Waals surface area contributed by atoms with Gasteiger partial charge in [0, 0.05) is 23.1 Å². The molecular formula is C27H36N2O13. The fourth-order valence-electron chi connectivity index (χ4n) is 4.11. The molecule has 0 aliphatic heterocycles. The SMILES string of the molecule is O=C(O)C[NH+](Cc1ccc(CO)cc1O)CC(CO)[NH+](CC(=O)O)Cc1cc(CO)ccc1O.O=C([O-])CCC(=O)[O-]. The van der Waals surface area contributed by atoms with Crippen molar-refractivity contribution in [3.05, 3.63) is 58.7 Å². The summed E-state index contributed by atoms with van der Waals surface area (Å²) in [6.45, 7) is -1.53. The van der Waals surface area contributed by atoms with E-state index in [1.54, 1.807) is 18.2 Å². The van der Waals surface area contributed by atoms with E-state index in [4.69, 9.17) is 0 Å². The molecule has 15 heteroatoms. The van der Waals surface area contributed by atoms with E-state index in [-0.39, 0.29) is 50.9 Å². The van der Waals surface area contributed by atoms with Crippen LogP contribution < -0.4 is 20.0 Å². The van der Waals surface area contributed by atoms with Gasteiger partial charge in [-0.25, -0.2) is 9.59 Å². The molecule has 2 aromatic rings. The second kappa shape index (κ2) is 18.2. The number of benzene rings is 2. The predicted octanol–water partition coefficient (Wildman–Crippen LogP) is -5.65. The number of aliphatic hydroxyl groups excluding tert-OH is 3. The number of carbonyl (C=O) groups is 4. The zero-order valence-corrected chi connectivity index (χ0v) is 22.7. The number of rotatable bonds is 17. The number of carboxylic acid groups (broad SMARTS) is 4. The second-order valence-electron chi connectivity index (χ2n) is 9.47. The molecule has 0 saturated carbocycles. The lowest BCUT2D eigenvalue weighted by molar-refractivity contribution is -0.983. The maximum absolute atomic E-state index is 11.5. The topological polar surface area (TPSA) is 265 Å². The minimum absolute atomic E-state index is 0.0218. The maximum atomic E-state index is 11.5. The van der Waals surface area contributed by atoms with Crippen molar-refractivity contribution in [1.82, 2.24) is 0 Å². The zero-order chi connectivity index (χ0) is 31.8. The number of aromatic hydroxyl groups is 2. The lowest BCUT2D eigenvalue weighted by Gasteiger charge is -2.29. The van der Waals surface area contributed by atoms with Gasteiger partial charge in [0.15, 0.2) is 19.1 Å². The zero-order valence-electron chi connectivity index (χ0n) is 22.7. The molecule has 0 amide bonds. The summed E-state index contributed by atoms with van der Waals surface area (Å²) in [7, 11) is 0. The third-order valence-corrected chi connectivity index (χ3v) is 6.16. The third-order valence-electron chi connectivity index (χ3n) is 6.16. The van der Waals surface area contributed by atoms with Crippen LogP contribution in [0.4, 0.5) is 0 Å².